The highest BCUT2D eigenvalue weighted by atomic mass is 32.2. The van der Waals surface area contributed by atoms with Gasteiger partial charge < -0.3 is 5.73 Å². The molecule has 0 spiro atoms. The zero-order valence-electron chi connectivity index (χ0n) is 10.2. The maximum atomic E-state index is 12.9. The summed E-state index contributed by atoms with van der Waals surface area (Å²) in [7, 11) is -3.67. The van der Waals surface area contributed by atoms with Crippen molar-refractivity contribution in [2.75, 3.05) is 5.73 Å². The molecular formula is C12H17FN2O2S. The molecule has 0 saturated heterocycles. The third kappa shape index (κ3) is 3.20. The lowest BCUT2D eigenvalue weighted by molar-refractivity contribution is 0.530. The van der Waals surface area contributed by atoms with Gasteiger partial charge in [0.2, 0.25) is 10.0 Å². The van der Waals surface area contributed by atoms with E-state index in [1.54, 1.807) is 0 Å². The molecule has 0 radical (unpaired) electrons. The molecule has 1 aromatic rings. The van der Waals surface area contributed by atoms with Crippen LogP contribution in [0.2, 0.25) is 0 Å². The Hall–Kier alpha value is -1.14. The predicted molar refractivity (Wildman–Crippen MR) is 67.9 cm³/mol. The van der Waals surface area contributed by atoms with Crippen molar-refractivity contribution in [2.45, 2.75) is 37.1 Å². The third-order valence-corrected chi connectivity index (χ3v) is 4.66. The standard InChI is InChI=1S/C12H17FN2O2S/c1-8(6-9-2-3-9)15-18(16,17)12-5-4-10(13)7-11(12)14/h4-5,7-9,15H,2-3,6,14H2,1H3. The van der Waals surface area contributed by atoms with E-state index in [4.69, 9.17) is 5.73 Å². The number of nitrogen functional groups attached to an aromatic ring is 1. The quantitative estimate of drug-likeness (QED) is 0.804. The Morgan fingerprint density at radius 2 is 2.17 bits per heavy atom. The second-order valence-corrected chi connectivity index (χ2v) is 6.57. The molecule has 0 bridgehead atoms. The highest BCUT2D eigenvalue weighted by molar-refractivity contribution is 7.89. The van der Waals surface area contributed by atoms with Crippen LogP contribution in [0.15, 0.2) is 23.1 Å². The van der Waals surface area contributed by atoms with Crippen LogP contribution in [0.1, 0.15) is 26.2 Å². The number of halogens is 1. The summed E-state index contributed by atoms with van der Waals surface area (Å²) >= 11 is 0. The Bertz CT molecular complexity index is 541. The maximum absolute atomic E-state index is 12.9. The van der Waals surface area contributed by atoms with E-state index in [1.807, 2.05) is 6.92 Å². The van der Waals surface area contributed by atoms with Crippen molar-refractivity contribution in [1.82, 2.24) is 4.72 Å². The van der Waals surface area contributed by atoms with Gasteiger partial charge in [-0.2, -0.15) is 0 Å². The Balaban J connectivity index is 2.13. The monoisotopic (exact) mass is 272 g/mol. The van der Waals surface area contributed by atoms with Crippen LogP contribution in [0, 0.1) is 11.7 Å². The molecule has 0 heterocycles. The summed E-state index contributed by atoms with van der Waals surface area (Å²) in [5.74, 6) is 0.0887. The highest BCUT2D eigenvalue weighted by Crippen LogP contribution is 2.33. The van der Waals surface area contributed by atoms with Gasteiger partial charge in [0.25, 0.3) is 0 Å². The van der Waals surface area contributed by atoms with E-state index in [1.165, 1.54) is 18.9 Å². The minimum atomic E-state index is -3.67. The Morgan fingerprint density at radius 3 is 2.72 bits per heavy atom. The molecule has 1 aliphatic carbocycles. The topological polar surface area (TPSA) is 72.2 Å². The molecule has 4 nitrogen and oxygen atoms in total. The smallest absolute Gasteiger partial charge is 0.242 e. The van der Waals surface area contributed by atoms with Crippen LogP contribution < -0.4 is 10.5 Å². The lowest BCUT2D eigenvalue weighted by Gasteiger charge is -2.14. The normalized spacial score (nSPS) is 17.7. The highest BCUT2D eigenvalue weighted by Gasteiger charge is 2.26. The van der Waals surface area contributed by atoms with Gasteiger partial charge in [-0.05, 0) is 37.5 Å². The minimum Gasteiger partial charge on any atom is -0.398 e. The SMILES string of the molecule is CC(CC1CC1)NS(=O)(=O)c1ccc(F)cc1N. The number of rotatable bonds is 5. The molecule has 1 aromatic carbocycles. The molecular weight excluding hydrogens is 255 g/mol. The molecule has 0 aliphatic heterocycles. The molecule has 3 N–H and O–H groups in total. The van der Waals surface area contributed by atoms with Crippen LogP contribution in [0.3, 0.4) is 0 Å². The Labute approximate surface area is 106 Å². The second-order valence-electron chi connectivity index (χ2n) is 4.88. The van der Waals surface area contributed by atoms with Gasteiger partial charge in [0.1, 0.15) is 10.7 Å². The van der Waals surface area contributed by atoms with Gasteiger partial charge in [0.15, 0.2) is 0 Å². The van der Waals surface area contributed by atoms with Crippen LogP contribution in [0.4, 0.5) is 10.1 Å². The minimum absolute atomic E-state index is 0.0634. The molecule has 0 amide bonds. The van der Waals surface area contributed by atoms with E-state index in [9.17, 15) is 12.8 Å². The van der Waals surface area contributed by atoms with Gasteiger partial charge in [-0.15, -0.1) is 0 Å². The number of anilines is 1. The first-order valence-corrected chi connectivity index (χ1v) is 7.44. The average Bonchev–Trinajstić information content (AvgIpc) is 2.99. The second kappa shape index (κ2) is 4.85. The van der Waals surface area contributed by atoms with E-state index in [0.29, 0.717) is 5.92 Å². The van der Waals surface area contributed by atoms with E-state index in [0.717, 1.165) is 18.6 Å². The van der Waals surface area contributed by atoms with Crippen molar-refractivity contribution < 1.29 is 12.8 Å². The summed E-state index contributed by atoms with van der Waals surface area (Å²) in [6.45, 7) is 1.83. The van der Waals surface area contributed by atoms with E-state index in [-0.39, 0.29) is 16.6 Å². The number of nitrogens with two attached hydrogens (primary N) is 1. The van der Waals surface area contributed by atoms with Crippen LogP contribution in [-0.2, 0) is 10.0 Å². The van der Waals surface area contributed by atoms with Gasteiger partial charge in [-0.3, -0.25) is 0 Å². The maximum Gasteiger partial charge on any atom is 0.242 e. The molecule has 6 heteroatoms. The molecule has 1 aliphatic rings. The van der Waals surface area contributed by atoms with E-state index >= 15 is 0 Å². The van der Waals surface area contributed by atoms with Crippen LogP contribution >= 0.6 is 0 Å². The zero-order valence-corrected chi connectivity index (χ0v) is 11.0. The fourth-order valence-corrected chi connectivity index (χ4v) is 3.36. The first kappa shape index (κ1) is 13.3. The third-order valence-electron chi connectivity index (χ3n) is 3.00. The summed E-state index contributed by atoms with van der Waals surface area (Å²) in [5, 5.41) is 0. The molecule has 1 unspecified atom stereocenters. The predicted octanol–water partition coefficient (Wildman–Crippen LogP) is 1.87. The summed E-state index contributed by atoms with van der Waals surface area (Å²) in [6, 6.07) is 3.17. The van der Waals surface area contributed by atoms with Gasteiger partial charge in [0.05, 0.1) is 5.69 Å². The fraction of sp³-hybridized carbons (Fsp3) is 0.500. The Morgan fingerprint density at radius 1 is 1.50 bits per heavy atom. The number of nitrogens with one attached hydrogen (secondary N) is 1. The van der Waals surface area contributed by atoms with Crippen LogP contribution in [0.25, 0.3) is 0 Å². The summed E-state index contributed by atoms with van der Waals surface area (Å²) < 4.78 is 39.6. The first-order valence-electron chi connectivity index (χ1n) is 5.96. The molecule has 1 atom stereocenters. The largest absolute Gasteiger partial charge is 0.398 e. The molecule has 2 rings (SSSR count). The van der Waals surface area contributed by atoms with Crippen molar-refractivity contribution >= 4 is 15.7 Å². The van der Waals surface area contributed by atoms with Gasteiger partial charge >= 0.3 is 0 Å². The lowest BCUT2D eigenvalue weighted by atomic mass is 10.2. The van der Waals surface area contributed by atoms with E-state index in [2.05, 4.69) is 4.72 Å². The van der Waals surface area contributed by atoms with Crippen molar-refractivity contribution in [3.63, 3.8) is 0 Å². The molecule has 1 saturated carbocycles. The zero-order chi connectivity index (χ0) is 13.3. The fourth-order valence-electron chi connectivity index (χ4n) is 1.99. The number of hydrogen-bond acceptors (Lipinski definition) is 3. The van der Waals surface area contributed by atoms with Gasteiger partial charge in [-0.25, -0.2) is 17.5 Å². The van der Waals surface area contributed by atoms with Crippen molar-refractivity contribution in [3.05, 3.63) is 24.0 Å². The summed E-state index contributed by atoms with van der Waals surface area (Å²) in [5.41, 5.74) is 5.47. The first-order chi connectivity index (χ1) is 8.38. The van der Waals surface area contributed by atoms with Crippen LogP contribution in [-0.4, -0.2) is 14.5 Å². The van der Waals surface area contributed by atoms with Crippen molar-refractivity contribution in [1.29, 1.82) is 0 Å². The lowest BCUT2D eigenvalue weighted by Crippen LogP contribution is -2.33. The molecule has 1 fully saturated rings. The number of sulfonamides is 1. The molecule has 100 valence electrons. The van der Waals surface area contributed by atoms with Crippen molar-refractivity contribution in [3.8, 4) is 0 Å². The summed E-state index contributed by atoms with van der Waals surface area (Å²) in [6.07, 6.45) is 3.18. The average molecular weight is 272 g/mol. The van der Waals surface area contributed by atoms with Crippen molar-refractivity contribution in [2.24, 2.45) is 5.92 Å². The van der Waals surface area contributed by atoms with Crippen LogP contribution in [0.5, 0.6) is 0 Å². The number of hydrogen-bond donors (Lipinski definition) is 2. The van der Waals surface area contributed by atoms with E-state index < -0.39 is 15.8 Å². The molecule has 0 aromatic heterocycles. The Kier molecular flexibility index (Phi) is 3.59. The van der Waals surface area contributed by atoms with Gasteiger partial charge in [-0.1, -0.05) is 12.8 Å². The molecule has 18 heavy (non-hydrogen) atoms. The summed E-state index contributed by atoms with van der Waals surface area (Å²) in [4.78, 5) is -0.0634. The number of benzene rings is 1. The van der Waals surface area contributed by atoms with Gasteiger partial charge in [0, 0.05) is 6.04 Å².